The average molecular weight is 479 g/mol. The van der Waals surface area contributed by atoms with Crippen LogP contribution < -0.4 is 0 Å². The van der Waals surface area contributed by atoms with E-state index in [1.54, 1.807) is 68.4 Å². The van der Waals surface area contributed by atoms with E-state index in [1.807, 2.05) is 0 Å². The molecule has 176 valence electrons. The Hall–Kier alpha value is -2.77. The zero-order valence-corrected chi connectivity index (χ0v) is 19.4. The van der Waals surface area contributed by atoms with Gasteiger partial charge in [0, 0.05) is 30.7 Å². The predicted molar refractivity (Wildman–Crippen MR) is 123 cm³/mol. The second-order valence-corrected chi connectivity index (χ2v) is 9.09. The molecule has 0 aliphatic rings. The molecule has 1 heterocycles. The number of nitrogens with zero attached hydrogens (tertiary/aromatic N) is 2. The number of amides is 1. The molecular formula is C25H26ClF3N2O2. The molecule has 3 rings (SSSR count). The number of halogens is 4. The van der Waals surface area contributed by atoms with E-state index in [9.17, 15) is 23.1 Å². The van der Waals surface area contributed by atoms with Crippen LogP contribution in [0.3, 0.4) is 0 Å². The highest BCUT2D eigenvalue weighted by molar-refractivity contribution is 6.30. The smallest absolute Gasteiger partial charge is 0.390 e. The molecule has 2 aromatic carbocycles. The molecule has 0 saturated heterocycles. The molecule has 8 heteroatoms. The van der Waals surface area contributed by atoms with Crippen molar-refractivity contribution in [2.24, 2.45) is 0 Å². The normalized spacial score (nSPS) is 12.1. The first-order valence-corrected chi connectivity index (χ1v) is 10.8. The topological polar surface area (TPSA) is 45.5 Å². The predicted octanol–water partition coefficient (Wildman–Crippen LogP) is 6.11. The van der Waals surface area contributed by atoms with Gasteiger partial charge in [-0.15, -0.1) is 0 Å². The third-order valence-electron chi connectivity index (χ3n) is 5.33. The Morgan fingerprint density at radius 2 is 1.67 bits per heavy atom. The van der Waals surface area contributed by atoms with Crippen LogP contribution in [-0.4, -0.2) is 39.7 Å². The summed E-state index contributed by atoms with van der Waals surface area (Å²) < 4.78 is 43.3. The summed E-state index contributed by atoms with van der Waals surface area (Å²) in [4.78, 5) is 14.8. The Morgan fingerprint density at radius 1 is 1.06 bits per heavy atom. The van der Waals surface area contributed by atoms with Crippen LogP contribution in [0.25, 0.3) is 11.1 Å². The van der Waals surface area contributed by atoms with Crippen LogP contribution >= 0.6 is 11.6 Å². The van der Waals surface area contributed by atoms with Crippen LogP contribution in [0.4, 0.5) is 13.2 Å². The third-order valence-corrected chi connectivity index (χ3v) is 5.59. The first-order chi connectivity index (χ1) is 15.4. The van der Waals surface area contributed by atoms with E-state index < -0.39 is 23.4 Å². The van der Waals surface area contributed by atoms with E-state index in [1.165, 1.54) is 11.9 Å². The Balaban J connectivity index is 2.18. The van der Waals surface area contributed by atoms with Gasteiger partial charge in [0.25, 0.3) is 5.91 Å². The van der Waals surface area contributed by atoms with Crippen LogP contribution in [0.1, 0.15) is 42.0 Å². The SMILES string of the molecule is CN(CCC(C)(C)O)C(=O)c1c(-c2ccc(Cl)cc2)cc(C(F)(F)F)n1Cc1ccccc1. The van der Waals surface area contributed by atoms with Crippen LogP contribution in [-0.2, 0) is 12.7 Å². The maximum absolute atomic E-state index is 14.1. The van der Waals surface area contributed by atoms with Gasteiger partial charge >= 0.3 is 6.18 Å². The summed E-state index contributed by atoms with van der Waals surface area (Å²) in [5.41, 5.74) is -0.723. The molecule has 0 spiro atoms. The van der Waals surface area contributed by atoms with E-state index in [4.69, 9.17) is 11.6 Å². The van der Waals surface area contributed by atoms with Gasteiger partial charge in [0.1, 0.15) is 11.4 Å². The molecule has 0 aliphatic carbocycles. The molecule has 0 aliphatic heterocycles. The van der Waals surface area contributed by atoms with E-state index in [-0.39, 0.29) is 30.8 Å². The molecule has 0 atom stereocenters. The van der Waals surface area contributed by atoms with Crippen LogP contribution in [0.5, 0.6) is 0 Å². The summed E-state index contributed by atoms with van der Waals surface area (Å²) in [6.45, 7) is 3.29. The summed E-state index contributed by atoms with van der Waals surface area (Å²) in [5, 5.41) is 10.5. The number of aliphatic hydroxyl groups is 1. The van der Waals surface area contributed by atoms with Crippen molar-refractivity contribution in [3.63, 3.8) is 0 Å². The minimum absolute atomic E-state index is 0.0632. The number of alkyl halides is 3. The van der Waals surface area contributed by atoms with Crippen molar-refractivity contribution in [1.82, 2.24) is 9.47 Å². The fraction of sp³-hybridized carbons (Fsp3) is 0.320. The van der Waals surface area contributed by atoms with Gasteiger partial charge in [0.05, 0.1) is 5.60 Å². The number of carbonyl (C=O) groups excluding carboxylic acids is 1. The fourth-order valence-electron chi connectivity index (χ4n) is 3.52. The average Bonchev–Trinajstić information content (AvgIpc) is 3.11. The number of benzene rings is 2. The largest absolute Gasteiger partial charge is 0.431 e. The van der Waals surface area contributed by atoms with E-state index in [0.717, 1.165) is 10.6 Å². The minimum Gasteiger partial charge on any atom is -0.390 e. The molecule has 0 unspecified atom stereocenters. The van der Waals surface area contributed by atoms with Gasteiger partial charge in [-0.2, -0.15) is 13.2 Å². The molecule has 0 bridgehead atoms. The van der Waals surface area contributed by atoms with Crippen molar-refractivity contribution in [2.45, 2.75) is 38.6 Å². The molecular weight excluding hydrogens is 453 g/mol. The molecule has 33 heavy (non-hydrogen) atoms. The maximum atomic E-state index is 14.1. The first-order valence-electron chi connectivity index (χ1n) is 10.5. The van der Waals surface area contributed by atoms with Crippen molar-refractivity contribution >= 4 is 17.5 Å². The Morgan fingerprint density at radius 3 is 2.21 bits per heavy atom. The molecule has 0 radical (unpaired) electrons. The number of hydrogen-bond acceptors (Lipinski definition) is 2. The number of hydrogen-bond donors (Lipinski definition) is 1. The molecule has 4 nitrogen and oxygen atoms in total. The van der Waals surface area contributed by atoms with Gasteiger partial charge in [-0.3, -0.25) is 4.79 Å². The summed E-state index contributed by atoms with van der Waals surface area (Å²) in [5.74, 6) is -0.560. The van der Waals surface area contributed by atoms with Gasteiger partial charge in [-0.05, 0) is 49.6 Å². The summed E-state index contributed by atoms with van der Waals surface area (Å²) >= 11 is 5.97. The van der Waals surface area contributed by atoms with Gasteiger partial charge in [-0.25, -0.2) is 0 Å². The second kappa shape index (κ2) is 9.61. The number of carbonyl (C=O) groups is 1. The Kier molecular flexibility index (Phi) is 7.24. The van der Waals surface area contributed by atoms with E-state index in [2.05, 4.69) is 0 Å². The zero-order chi connectivity index (χ0) is 24.4. The monoisotopic (exact) mass is 478 g/mol. The highest BCUT2D eigenvalue weighted by Crippen LogP contribution is 2.38. The fourth-order valence-corrected chi connectivity index (χ4v) is 3.64. The lowest BCUT2D eigenvalue weighted by atomic mass is 10.0. The highest BCUT2D eigenvalue weighted by atomic mass is 35.5. The van der Waals surface area contributed by atoms with Crippen molar-refractivity contribution in [2.75, 3.05) is 13.6 Å². The molecule has 1 aromatic heterocycles. The Bertz CT molecular complexity index is 1100. The Labute approximate surface area is 196 Å². The van der Waals surface area contributed by atoms with Gasteiger partial charge in [0.15, 0.2) is 0 Å². The first kappa shape index (κ1) is 24.9. The van der Waals surface area contributed by atoms with E-state index >= 15 is 0 Å². The standard InChI is InChI=1S/C25H26ClF3N2O2/c1-24(2,33)13-14-30(3)23(32)22-20(18-9-11-19(26)12-10-18)15-21(25(27,28)29)31(22)16-17-7-5-4-6-8-17/h4-12,15,33H,13-14,16H2,1-3H3. The van der Waals surface area contributed by atoms with Crippen molar-refractivity contribution < 1.29 is 23.1 Å². The van der Waals surface area contributed by atoms with Crippen molar-refractivity contribution in [3.8, 4) is 11.1 Å². The molecule has 0 fully saturated rings. The minimum atomic E-state index is -4.67. The van der Waals surface area contributed by atoms with Gasteiger partial charge < -0.3 is 14.6 Å². The van der Waals surface area contributed by atoms with E-state index in [0.29, 0.717) is 16.1 Å². The maximum Gasteiger partial charge on any atom is 0.431 e. The van der Waals surface area contributed by atoms with Crippen LogP contribution in [0.2, 0.25) is 5.02 Å². The highest BCUT2D eigenvalue weighted by Gasteiger charge is 2.39. The quantitative estimate of drug-likeness (QED) is 0.445. The van der Waals surface area contributed by atoms with Crippen LogP contribution in [0.15, 0.2) is 60.7 Å². The molecule has 1 amide bonds. The summed E-state index contributed by atoms with van der Waals surface area (Å²) in [7, 11) is 1.52. The van der Waals surface area contributed by atoms with Crippen molar-refractivity contribution in [3.05, 3.63) is 82.6 Å². The lowest BCUT2D eigenvalue weighted by molar-refractivity contribution is -0.143. The molecule has 3 aromatic rings. The third kappa shape index (κ3) is 6.18. The lowest BCUT2D eigenvalue weighted by Gasteiger charge is -2.24. The van der Waals surface area contributed by atoms with Gasteiger partial charge in [-0.1, -0.05) is 54.1 Å². The zero-order valence-electron chi connectivity index (χ0n) is 18.7. The summed E-state index contributed by atoms with van der Waals surface area (Å²) in [6, 6.07) is 16.0. The lowest BCUT2D eigenvalue weighted by Crippen LogP contribution is -2.34. The number of aromatic nitrogens is 1. The van der Waals surface area contributed by atoms with Gasteiger partial charge in [0.2, 0.25) is 0 Å². The van der Waals surface area contributed by atoms with Crippen LogP contribution in [0, 0.1) is 0 Å². The van der Waals surface area contributed by atoms with Crippen molar-refractivity contribution in [1.29, 1.82) is 0 Å². The number of rotatable bonds is 7. The summed E-state index contributed by atoms with van der Waals surface area (Å²) in [6.07, 6.45) is -4.39. The molecule has 0 saturated carbocycles. The second-order valence-electron chi connectivity index (χ2n) is 8.66. The molecule has 1 N–H and O–H groups in total.